The maximum absolute atomic E-state index is 12.6. The van der Waals surface area contributed by atoms with E-state index in [1.54, 1.807) is 36.3 Å². The Morgan fingerprint density at radius 2 is 1.71 bits per heavy atom. The first-order valence-electron chi connectivity index (χ1n) is 9.01. The van der Waals surface area contributed by atoms with Crippen LogP contribution in [-0.4, -0.2) is 31.4 Å². The van der Waals surface area contributed by atoms with E-state index in [4.69, 9.17) is 4.74 Å². The van der Waals surface area contributed by atoms with Crippen molar-refractivity contribution in [3.63, 3.8) is 0 Å². The number of methoxy groups -OCH3 is 1. The third kappa shape index (κ3) is 4.31. The van der Waals surface area contributed by atoms with Crippen LogP contribution in [0.15, 0.2) is 42.5 Å². The number of aryl methyl sites for hydroxylation is 1. The van der Waals surface area contributed by atoms with Crippen LogP contribution >= 0.6 is 0 Å². The standard InChI is InChI=1S/C21H23N3O4/c1-13-4-9-19(28-3)18(10-13)24-12-15(11-20(24)26)21(27)23-17-7-5-16(6-8-17)22-14(2)25/h4-10,15H,11-12H2,1-3H3,(H,22,25)(H,23,27). The highest BCUT2D eigenvalue weighted by Crippen LogP contribution is 2.34. The number of ether oxygens (including phenoxy) is 1. The Balaban J connectivity index is 1.69. The normalized spacial score (nSPS) is 16.0. The molecule has 2 N–H and O–H groups in total. The molecule has 2 aromatic carbocycles. The van der Waals surface area contributed by atoms with Gasteiger partial charge >= 0.3 is 0 Å². The van der Waals surface area contributed by atoms with Crippen molar-refractivity contribution in [1.82, 2.24) is 0 Å². The summed E-state index contributed by atoms with van der Waals surface area (Å²) in [5.41, 5.74) is 2.95. The van der Waals surface area contributed by atoms with Crippen LogP contribution in [0.5, 0.6) is 5.75 Å². The summed E-state index contributed by atoms with van der Waals surface area (Å²) in [6, 6.07) is 12.5. The molecule has 0 aromatic heterocycles. The topological polar surface area (TPSA) is 87.7 Å². The van der Waals surface area contributed by atoms with Crippen LogP contribution in [0, 0.1) is 12.8 Å². The van der Waals surface area contributed by atoms with Crippen LogP contribution in [-0.2, 0) is 14.4 Å². The van der Waals surface area contributed by atoms with Crippen molar-refractivity contribution < 1.29 is 19.1 Å². The molecule has 7 heteroatoms. The molecule has 146 valence electrons. The molecule has 1 aliphatic rings. The second-order valence-electron chi connectivity index (χ2n) is 6.83. The zero-order chi connectivity index (χ0) is 20.3. The summed E-state index contributed by atoms with van der Waals surface area (Å²) >= 11 is 0. The molecule has 1 heterocycles. The minimum absolute atomic E-state index is 0.106. The number of nitrogens with zero attached hydrogens (tertiary/aromatic N) is 1. The van der Waals surface area contributed by atoms with Crippen molar-refractivity contribution in [1.29, 1.82) is 0 Å². The molecule has 0 aliphatic carbocycles. The zero-order valence-corrected chi connectivity index (χ0v) is 16.1. The second kappa shape index (κ2) is 8.12. The van der Waals surface area contributed by atoms with Crippen molar-refractivity contribution in [2.45, 2.75) is 20.3 Å². The molecule has 0 radical (unpaired) electrons. The van der Waals surface area contributed by atoms with E-state index in [1.165, 1.54) is 6.92 Å². The molecule has 1 fully saturated rings. The number of nitrogens with one attached hydrogen (secondary N) is 2. The van der Waals surface area contributed by atoms with Crippen LogP contribution < -0.4 is 20.3 Å². The monoisotopic (exact) mass is 381 g/mol. The number of carbonyl (C=O) groups excluding carboxylic acids is 3. The van der Waals surface area contributed by atoms with E-state index in [-0.39, 0.29) is 24.1 Å². The van der Waals surface area contributed by atoms with E-state index in [2.05, 4.69) is 10.6 Å². The lowest BCUT2D eigenvalue weighted by Gasteiger charge is -2.20. The quantitative estimate of drug-likeness (QED) is 0.834. The van der Waals surface area contributed by atoms with Crippen LogP contribution in [0.25, 0.3) is 0 Å². The van der Waals surface area contributed by atoms with Gasteiger partial charge in [-0.25, -0.2) is 0 Å². The molecular weight excluding hydrogens is 358 g/mol. The van der Waals surface area contributed by atoms with Crippen LogP contribution in [0.3, 0.4) is 0 Å². The Hall–Kier alpha value is -3.35. The first kappa shape index (κ1) is 19.4. The summed E-state index contributed by atoms with van der Waals surface area (Å²) < 4.78 is 5.37. The molecule has 28 heavy (non-hydrogen) atoms. The molecule has 3 rings (SSSR count). The van der Waals surface area contributed by atoms with Crippen LogP contribution in [0.4, 0.5) is 17.1 Å². The van der Waals surface area contributed by atoms with Crippen molar-refractivity contribution in [3.05, 3.63) is 48.0 Å². The van der Waals surface area contributed by atoms with E-state index in [9.17, 15) is 14.4 Å². The zero-order valence-electron chi connectivity index (χ0n) is 16.1. The van der Waals surface area contributed by atoms with Gasteiger partial charge in [-0.2, -0.15) is 0 Å². The summed E-state index contributed by atoms with van der Waals surface area (Å²) in [5, 5.41) is 5.51. The highest BCUT2D eigenvalue weighted by Gasteiger charge is 2.36. The van der Waals surface area contributed by atoms with Gasteiger partial charge in [0.15, 0.2) is 0 Å². The first-order valence-corrected chi connectivity index (χ1v) is 9.01. The molecule has 0 bridgehead atoms. The predicted molar refractivity (Wildman–Crippen MR) is 108 cm³/mol. The van der Waals surface area contributed by atoms with Crippen molar-refractivity contribution in [3.8, 4) is 5.75 Å². The van der Waals surface area contributed by atoms with Gasteiger partial charge in [-0.1, -0.05) is 6.07 Å². The van der Waals surface area contributed by atoms with Gasteiger partial charge in [0.2, 0.25) is 17.7 Å². The molecule has 1 atom stereocenters. The minimum Gasteiger partial charge on any atom is -0.495 e. The van der Waals surface area contributed by atoms with Gasteiger partial charge in [0.25, 0.3) is 0 Å². The Bertz CT molecular complexity index is 908. The van der Waals surface area contributed by atoms with Gasteiger partial charge in [-0.3, -0.25) is 14.4 Å². The summed E-state index contributed by atoms with van der Waals surface area (Å²) in [6.07, 6.45) is 0.146. The van der Waals surface area contributed by atoms with Crippen LogP contribution in [0.1, 0.15) is 18.9 Å². The highest BCUT2D eigenvalue weighted by molar-refractivity contribution is 6.04. The number of benzene rings is 2. The highest BCUT2D eigenvalue weighted by atomic mass is 16.5. The Morgan fingerprint density at radius 3 is 2.32 bits per heavy atom. The average Bonchev–Trinajstić information content (AvgIpc) is 3.04. The predicted octanol–water partition coefficient (Wildman–Crippen LogP) is 2.95. The molecular formula is C21H23N3O4. The fourth-order valence-electron chi connectivity index (χ4n) is 3.21. The van der Waals surface area contributed by atoms with E-state index in [0.717, 1.165) is 5.56 Å². The fourth-order valence-corrected chi connectivity index (χ4v) is 3.21. The number of carbonyl (C=O) groups is 3. The number of hydrogen-bond donors (Lipinski definition) is 2. The van der Waals surface area contributed by atoms with E-state index >= 15 is 0 Å². The van der Waals surface area contributed by atoms with Crippen molar-refractivity contribution >= 4 is 34.8 Å². The van der Waals surface area contributed by atoms with Gasteiger partial charge < -0.3 is 20.3 Å². The number of anilines is 3. The Morgan fingerprint density at radius 1 is 1.07 bits per heavy atom. The minimum atomic E-state index is -0.451. The summed E-state index contributed by atoms with van der Waals surface area (Å²) in [7, 11) is 1.56. The molecule has 7 nitrogen and oxygen atoms in total. The van der Waals surface area contributed by atoms with E-state index in [0.29, 0.717) is 29.4 Å². The molecule has 1 aliphatic heterocycles. The maximum atomic E-state index is 12.6. The third-order valence-corrected chi connectivity index (χ3v) is 4.59. The van der Waals surface area contributed by atoms with Gasteiger partial charge in [0.05, 0.1) is 18.7 Å². The Labute approximate surface area is 163 Å². The summed E-state index contributed by atoms with van der Waals surface area (Å²) in [6.45, 7) is 3.68. The number of amides is 3. The fraction of sp³-hybridized carbons (Fsp3) is 0.286. The molecule has 0 saturated carbocycles. The van der Waals surface area contributed by atoms with Gasteiger partial charge in [-0.05, 0) is 48.9 Å². The third-order valence-electron chi connectivity index (χ3n) is 4.59. The lowest BCUT2D eigenvalue weighted by Crippen LogP contribution is -2.28. The van der Waals surface area contributed by atoms with Crippen molar-refractivity contribution in [2.24, 2.45) is 5.92 Å². The molecule has 2 aromatic rings. The lowest BCUT2D eigenvalue weighted by molar-refractivity contribution is -0.122. The van der Waals surface area contributed by atoms with Gasteiger partial charge in [-0.15, -0.1) is 0 Å². The van der Waals surface area contributed by atoms with Gasteiger partial charge in [0, 0.05) is 31.3 Å². The lowest BCUT2D eigenvalue weighted by atomic mass is 10.1. The molecule has 1 unspecified atom stereocenters. The maximum Gasteiger partial charge on any atom is 0.229 e. The number of rotatable bonds is 5. The average molecular weight is 381 g/mol. The molecule has 1 saturated heterocycles. The van der Waals surface area contributed by atoms with Crippen LogP contribution in [0.2, 0.25) is 0 Å². The molecule has 0 spiro atoms. The molecule has 3 amide bonds. The summed E-state index contributed by atoms with van der Waals surface area (Å²) in [4.78, 5) is 37.8. The number of hydrogen-bond acceptors (Lipinski definition) is 4. The SMILES string of the molecule is COc1ccc(C)cc1N1CC(C(=O)Nc2ccc(NC(C)=O)cc2)CC1=O. The van der Waals surface area contributed by atoms with Crippen molar-refractivity contribution in [2.75, 3.05) is 29.2 Å². The van der Waals surface area contributed by atoms with Gasteiger partial charge in [0.1, 0.15) is 5.75 Å². The smallest absolute Gasteiger partial charge is 0.229 e. The van der Waals surface area contributed by atoms with E-state index < -0.39 is 5.92 Å². The largest absolute Gasteiger partial charge is 0.495 e. The first-order chi connectivity index (χ1) is 13.4. The van der Waals surface area contributed by atoms with E-state index in [1.807, 2.05) is 25.1 Å². The summed E-state index contributed by atoms with van der Waals surface area (Å²) in [5.74, 6) is -0.325. The second-order valence-corrected chi connectivity index (χ2v) is 6.83. The Kier molecular flexibility index (Phi) is 5.63.